The summed E-state index contributed by atoms with van der Waals surface area (Å²) in [6.07, 6.45) is 7.59. The molecule has 3 heterocycles. The van der Waals surface area contributed by atoms with E-state index in [9.17, 15) is 4.79 Å². The molecule has 0 aromatic carbocycles. The lowest BCUT2D eigenvalue weighted by Crippen LogP contribution is -2.24. The van der Waals surface area contributed by atoms with Gasteiger partial charge in [-0.3, -0.25) is 9.78 Å². The molecule has 0 radical (unpaired) electrons. The monoisotopic (exact) mass is 337 g/mol. The van der Waals surface area contributed by atoms with Crippen LogP contribution in [0.2, 0.25) is 0 Å². The van der Waals surface area contributed by atoms with Crippen molar-refractivity contribution in [1.82, 2.24) is 25.4 Å². The fourth-order valence-corrected chi connectivity index (χ4v) is 3.16. The van der Waals surface area contributed by atoms with Gasteiger partial charge in [0.05, 0.1) is 6.54 Å². The normalized spacial score (nSPS) is 13.5. The van der Waals surface area contributed by atoms with E-state index in [4.69, 9.17) is 4.52 Å². The van der Waals surface area contributed by atoms with Crippen molar-refractivity contribution in [1.29, 1.82) is 0 Å². The molecule has 1 aliphatic carbocycles. The van der Waals surface area contributed by atoms with Gasteiger partial charge in [0.1, 0.15) is 23.0 Å². The second-order valence-electron chi connectivity index (χ2n) is 6.22. The molecule has 2 N–H and O–H groups in total. The number of amides is 1. The highest BCUT2D eigenvalue weighted by Gasteiger charge is 2.21. The molecule has 0 bridgehead atoms. The summed E-state index contributed by atoms with van der Waals surface area (Å²) in [5, 5.41) is 7.01. The minimum absolute atomic E-state index is 0.226. The van der Waals surface area contributed by atoms with Gasteiger partial charge in [-0.25, -0.2) is 4.98 Å². The second-order valence-corrected chi connectivity index (χ2v) is 6.22. The molecule has 7 nitrogen and oxygen atoms in total. The summed E-state index contributed by atoms with van der Waals surface area (Å²) < 4.78 is 5.38. The molecule has 0 unspecified atom stereocenters. The number of aryl methyl sites for hydroxylation is 2. The van der Waals surface area contributed by atoms with Crippen LogP contribution in [0.5, 0.6) is 0 Å². The maximum Gasteiger partial charge on any atom is 0.272 e. The molecule has 0 fully saturated rings. The van der Waals surface area contributed by atoms with Gasteiger partial charge in [-0.05, 0) is 38.3 Å². The molecule has 0 saturated carbocycles. The highest BCUT2D eigenvalue weighted by atomic mass is 16.5. The van der Waals surface area contributed by atoms with Crippen molar-refractivity contribution >= 4 is 5.91 Å². The lowest BCUT2D eigenvalue weighted by molar-refractivity contribution is 0.0945. The number of aromatic amines is 1. The van der Waals surface area contributed by atoms with Crippen LogP contribution in [0.1, 0.15) is 46.0 Å². The van der Waals surface area contributed by atoms with Crippen LogP contribution in [0.15, 0.2) is 29.0 Å². The number of hydrogen-bond donors (Lipinski definition) is 2. The van der Waals surface area contributed by atoms with E-state index >= 15 is 0 Å². The number of nitrogens with zero attached hydrogens (tertiary/aromatic N) is 3. The summed E-state index contributed by atoms with van der Waals surface area (Å²) in [4.78, 5) is 24.1. The highest BCUT2D eigenvalue weighted by molar-refractivity contribution is 5.94. The Balaban J connectivity index is 1.48. The van der Waals surface area contributed by atoms with Gasteiger partial charge in [-0.1, -0.05) is 5.16 Å². The first-order valence-electron chi connectivity index (χ1n) is 8.44. The summed E-state index contributed by atoms with van der Waals surface area (Å²) >= 11 is 0. The van der Waals surface area contributed by atoms with Gasteiger partial charge >= 0.3 is 0 Å². The summed E-state index contributed by atoms with van der Waals surface area (Å²) in [6, 6.07) is 3.73. The molecule has 1 aliphatic rings. The number of nitrogens with one attached hydrogen (secondary N) is 2. The van der Waals surface area contributed by atoms with Crippen molar-refractivity contribution in [3.8, 4) is 11.4 Å². The largest absolute Gasteiger partial charge is 0.361 e. The number of pyridine rings is 1. The van der Waals surface area contributed by atoms with E-state index in [1.807, 2.05) is 19.1 Å². The molecule has 7 heteroatoms. The maximum absolute atomic E-state index is 12.5. The van der Waals surface area contributed by atoms with E-state index in [2.05, 4.69) is 25.4 Å². The predicted molar refractivity (Wildman–Crippen MR) is 90.9 cm³/mol. The number of H-pyrrole nitrogens is 1. The summed E-state index contributed by atoms with van der Waals surface area (Å²) in [6.45, 7) is 2.19. The topological polar surface area (TPSA) is 96.7 Å². The summed E-state index contributed by atoms with van der Waals surface area (Å²) in [7, 11) is 0. The van der Waals surface area contributed by atoms with Gasteiger partial charge < -0.3 is 14.8 Å². The van der Waals surface area contributed by atoms with Crippen LogP contribution in [0.25, 0.3) is 11.4 Å². The molecule has 0 saturated heterocycles. The van der Waals surface area contributed by atoms with Crippen molar-refractivity contribution in [3.63, 3.8) is 0 Å². The quantitative estimate of drug-likeness (QED) is 0.763. The van der Waals surface area contributed by atoms with Gasteiger partial charge in [0.25, 0.3) is 5.91 Å². The molecule has 3 aromatic rings. The van der Waals surface area contributed by atoms with E-state index in [-0.39, 0.29) is 5.91 Å². The fraction of sp³-hybridized carbons (Fsp3) is 0.333. The van der Waals surface area contributed by atoms with Gasteiger partial charge in [0.2, 0.25) is 0 Å². The van der Waals surface area contributed by atoms with Crippen LogP contribution in [0.4, 0.5) is 0 Å². The molecule has 4 rings (SSSR count). The van der Waals surface area contributed by atoms with Gasteiger partial charge in [0, 0.05) is 35.6 Å². The van der Waals surface area contributed by atoms with Gasteiger partial charge in [-0.2, -0.15) is 0 Å². The summed E-state index contributed by atoms with van der Waals surface area (Å²) in [5.41, 5.74) is 3.93. The van der Waals surface area contributed by atoms with Crippen molar-refractivity contribution in [2.24, 2.45) is 0 Å². The van der Waals surface area contributed by atoms with Crippen molar-refractivity contribution in [2.75, 3.05) is 0 Å². The smallest absolute Gasteiger partial charge is 0.272 e. The lowest BCUT2D eigenvalue weighted by atomic mass is 9.96. The Hall–Kier alpha value is -2.96. The minimum Gasteiger partial charge on any atom is -0.361 e. The standard InChI is InChI=1S/C18H19N5O2/c1-11-16(22-17(21-11)12-5-4-8-19-9-12)18(24)20-10-14-13-6-2-3-7-15(13)25-23-14/h4-5,8-9H,2-3,6-7,10H2,1H3,(H,20,24)(H,21,22). The first-order valence-corrected chi connectivity index (χ1v) is 8.44. The summed E-state index contributed by atoms with van der Waals surface area (Å²) in [5.74, 6) is 1.37. The minimum atomic E-state index is -0.226. The Labute approximate surface area is 144 Å². The van der Waals surface area contributed by atoms with Crippen molar-refractivity contribution < 1.29 is 9.32 Å². The fourth-order valence-electron chi connectivity index (χ4n) is 3.16. The number of rotatable bonds is 4. The Bertz CT molecular complexity index is 898. The molecular weight excluding hydrogens is 318 g/mol. The Morgan fingerprint density at radius 3 is 3.08 bits per heavy atom. The Morgan fingerprint density at radius 1 is 1.36 bits per heavy atom. The molecule has 25 heavy (non-hydrogen) atoms. The maximum atomic E-state index is 12.5. The zero-order chi connectivity index (χ0) is 17.2. The highest BCUT2D eigenvalue weighted by Crippen LogP contribution is 2.24. The average Bonchev–Trinajstić information content (AvgIpc) is 3.24. The van der Waals surface area contributed by atoms with E-state index in [1.54, 1.807) is 12.4 Å². The number of imidazole rings is 1. The first kappa shape index (κ1) is 15.6. The predicted octanol–water partition coefficient (Wildman–Crippen LogP) is 2.58. The molecular formula is C18H19N5O2. The van der Waals surface area contributed by atoms with Crippen molar-refractivity contribution in [3.05, 3.63) is 52.9 Å². The van der Waals surface area contributed by atoms with E-state index in [0.29, 0.717) is 18.1 Å². The van der Waals surface area contributed by atoms with Crippen LogP contribution in [0, 0.1) is 6.92 Å². The number of carbonyl (C=O) groups excluding carboxylic acids is 1. The van der Waals surface area contributed by atoms with Gasteiger partial charge in [-0.15, -0.1) is 0 Å². The molecule has 128 valence electrons. The molecule has 3 aromatic heterocycles. The van der Waals surface area contributed by atoms with E-state index in [1.165, 1.54) is 0 Å². The number of fused-ring (bicyclic) bond motifs is 1. The molecule has 0 aliphatic heterocycles. The third kappa shape index (κ3) is 3.05. The van der Waals surface area contributed by atoms with Crippen molar-refractivity contribution in [2.45, 2.75) is 39.2 Å². The van der Waals surface area contributed by atoms with E-state index in [0.717, 1.165) is 54.0 Å². The van der Waals surface area contributed by atoms with Crippen LogP contribution in [0.3, 0.4) is 0 Å². The van der Waals surface area contributed by atoms with Crippen LogP contribution < -0.4 is 5.32 Å². The third-order valence-corrected chi connectivity index (χ3v) is 4.48. The SMILES string of the molecule is Cc1[nH]c(-c2cccnc2)nc1C(=O)NCc1noc2c1CCCC2. The molecule has 1 amide bonds. The average molecular weight is 337 g/mol. The second kappa shape index (κ2) is 6.51. The van der Waals surface area contributed by atoms with Crippen LogP contribution in [-0.4, -0.2) is 26.0 Å². The number of carbonyl (C=O) groups is 1. The van der Waals surface area contributed by atoms with Gasteiger partial charge in [0.15, 0.2) is 0 Å². The van der Waals surface area contributed by atoms with Crippen LogP contribution >= 0.6 is 0 Å². The number of aromatic nitrogens is 4. The first-order chi connectivity index (χ1) is 12.2. The third-order valence-electron chi connectivity index (χ3n) is 4.48. The Morgan fingerprint density at radius 2 is 2.24 bits per heavy atom. The van der Waals surface area contributed by atoms with Crippen LogP contribution in [-0.2, 0) is 19.4 Å². The Kier molecular flexibility index (Phi) is 4.05. The lowest BCUT2D eigenvalue weighted by Gasteiger charge is -2.09. The zero-order valence-electron chi connectivity index (χ0n) is 14.0. The zero-order valence-corrected chi connectivity index (χ0v) is 14.0. The number of hydrogen-bond acceptors (Lipinski definition) is 5. The molecule has 0 atom stereocenters. The van der Waals surface area contributed by atoms with E-state index < -0.39 is 0 Å². The molecule has 0 spiro atoms.